The average Bonchev–Trinajstić information content (AvgIpc) is 2.80. The first-order valence-electron chi connectivity index (χ1n) is 8.40. The molecule has 2 aromatic rings. The Labute approximate surface area is 144 Å². The first-order valence-corrected chi connectivity index (χ1v) is 8.81. The van der Waals surface area contributed by atoms with Gasteiger partial charge in [-0.15, -0.1) is 0 Å². The molecule has 23 heavy (non-hydrogen) atoms. The Hall–Kier alpha value is -1.81. The smallest absolute Gasteiger partial charge is 0.173 e. The average molecular weight is 327 g/mol. The SMILES string of the molecule is Cc1cccc(NC(=S)N2CCCCC[C@H]2c2cccn2C)c1. The van der Waals surface area contributed by atoms with Gasteiger partial charge in [-0.3, -0.25) is 0 Å². The Morgan fingerprint density at radius 3 is 2.78 bits per heavy atom. The molecule has 0 saturated carbocycles. The second-order valence-corrected chi connectivity index (χ2v) is 6.79. The maximum absolute atomic E-state index is 5.76. The second-order valence-electron chi connectivity index (χ2n) is 6.40. The molecule has 3 rings (SSSR count). The molecule has 1 atom stereocenters. The Morgan fingerprint density at radius 1 is 1.17 bits per heavy atom. The summed E-state index contributed by atoms with van der Waals surface area (Å²) >= 11 is 5.76. The third-order valence-electron chi connectivity index (χ3n) is 4.61. The van der Waals surface area contributed by atoms with Gasteiger partial charge in [0.2, 0.25) is 0 Å². The number of nitrogens with one attached hydrogen (secondary N) is 1. The molecular formula is C19H25N3S. The van der Waals surface area contributed by atoms with E-state index in [0.29, 0.717) is 6.04 Å². The van der Waals surface area contributed by atoms with Crippen molar-refractivity contribution in [1.82, 2.24) is 9.47 Å². The molecule has 1 aliphatic rings. The van der Waals surface area contributed by atoms with Crippen LogP contribution in [0, 0.1) is 6.92 Å². The summed E-state index contributed by atoms with van der Waals surface area (Å²) in [6.45, 7) is 3.13. The summed E-state index contributed by atoms with van der Waals surface area (Å²) in [7, 11) is 2.12. The monoisotopic (exact) mass is 327 g/mol. The highest BCUT2D eigenvalue weighted by atomic mass is 32.1. The summed E-state index contributed by atoms with van der Waals surface area (Å²) in [4.78, 5) is 2.38. The van der Waals surface area contributed by atoms with Crippen molar-refractivity contribution in [2.75, 3.05) is 11.9 Å². The predicted molar refractivity (Wildman–Crippen MR) is 101 cm³/mol. The molecule has 1 N–H and O–H groups in total. The van der Waals surface area contributed by atoms with Crippen LogP contribution in [0.25, 0.3) is 0 Å². The number of nitrogens with zero attached hydrogens (tertiary/aromatic N) is 2. The molecule has 1 aromatic carbocycles. The van der Waals surface area contributed by atoms with Gasteiger partial charge >= 0.3 is 0 Å². The fourth-order valence-corrected chi connectivity index (χ4v) is 3.73. The Morgan fingerprint density at radius 2 is 2.04 bits per heavy atom. The predicted octanol–water partition coefficient (Wildman–Crippen LogP) is 4.65. The molecule has 0 amide bonds. The summed E-state index contributed by atoms with van der Waals surface area (Å²) in [5.41, 5.74) is 3.66. The second kappa shape index (κ2) is 7.18. The summed E-state index contributed by atoms with van der Waals surface area (Å²) in [6.07, 6.45) is 7.03. The number of hydrogen-bond donors (Lipinski definition) is 1. The van der Waals surface area contributed by atoms with E-state index < -0.39 is 0 Å². The number of aryl methyl sites for hydroxylation is 2. The lowest BCUT2D eigenvalue weighted by atomic mass is 10.1. The third kappa shape index (κ3) is 3.75. The minimum absolute atomic E-state index is 0.363. The Kier molecular flexibility index (Phi) is 5.01. The van der Waals surface area contributed by atoms with Crippen molar-refractivity contribution in [3.05, 3.63) is 53.9 Å². The lowest BCUT2D eigenvalue weighted by molar-refractivity contribution is 0.315. The van der Waals surface area contributed by atoms with Gasteiger partial charge in [-0.25, -0.2) is 0 Å². The molecule has 1 aromatic heterocycles. The van der Waals surface area contributed by atoms with Crippen LogP contribution < -0.4 is 5.32 Å². The van der Waals surface area contributed by atoms with Crippen LogP contribution in [0.5, 0.6) is 0 Å². The van der Waals surface area contributed by atoms with Gasteiger partial charge in [0.15, 0.2) is 5.11 Å². The van der Waals surface area contributed by atoms with E-state index in [1.54, 1.807) is 0 Å². The number of anilines is 1. The number of rotatable bonds is 2. The maximum Gasteiger partial charge on any atom is 0.173 e. The van der Waals surface area contributed by atoms with Crippen LogP contribution in [-0.2, 0) is 7.05 Å². The fraction of sp³-hybridized carbons (Fsp3) is 0.421. The van der Waals surface area contributed by atoms with Gasteiger partial charge in [0.1, 0.15) is 0 Å². The number of hydrogen-bond acceptors (Lipinski definition) is 1. The largest absolute Gasteiger partial charge is 0.353 e. The summed E-state index contributed by atoms with van der Waals surface area (Å²) in [5, 5.41) is 4.28. The van der Waals surface area contributed by atoms with Gasteiger partial charge in [-0.1, -0.05) is 25.0 Å². The van der Waals surface area contributed by atoms with E-state index in [-0.39, 0.29) is 0 Å². The van der Waals surface area contributed by atoms with Crippen molar-refractivity contribution in [1.29, 1.82) is 0 Å². The topological polar surface area (TPSA) is 20.2 Å². The molecule has 0 aliphatic carbocycles. The molecule has 1 aliphatic heterocycles. The number of thiocarbonyl (C=S) groups is 1. The molecule has 1 fully saturated rings. The van der Waals surface area contributed by atoms with E-state index in [9.17, 15) is 0 Å². The molecule has 4 heteroatoms. The molecule has 0 spiro atoms. The van der Waals surface area contributed by atoms with E-state index in [1.807, 2.05) is 0 Å². The Bertz CT molecular complexity index is 677. The van der Waals surface area contributed by atoms with Crippen molar-refractivity contribution in [3.8, 4) is 0 Å². The minimum Gasteiger partial charge on any atom is -0.353 e. The molecule has 0 radical (unpaired) electrons. The van der Waals surface area contributed by atoms with E-state index in [4.69, 9.17) is 12.2 Å². The van der Waals surface area contributed by atoms with Crippen molar-refractivity contribution < 1.29 is 0 Å². The molecule has 0 bridgehead atoms. The number of aromatic nitrogens is 1. The van der Waals surface area contributed by atoms with Gasteiger partial charge in [0.25, 0.3) is 0 Å². The van der Waals surface area contributed by atoms with Crippen LogP contribution in [0.2, 0.25) is 0 Å². The van der Waals surface area contributed by atoms with Crippen LogP contribution in [0.1, 0.15) is 43.0 Å². The zero-order valence-electron chi connectivity index (χ0n) is 14.0. The summed E-state index contributed by atoms with van der Waals surface area (Å²) in [5.74, 6) is 0. The third-order valence-corrected chi connectivity index (χ3v) is 4.94. The normalized spacial score (nSPS) is 18.5. The molecule has 1 saturated heterocycles. The molecule has 3 nitrogen and oxygen atoms in total. The quantitative estimate of drug-likeness (QED) is 0.811. The maximum atomic E-state index is 5.76. The molecule has 122 valence electrons. The van der Waals surface area contributed by atoms with Crippen LogP contribution in [0.3, 0.4) is 0 Å². The van der Waals surface area contributed by atoms with Gasteiger partial charge in [-0.05, 0) is 61.8 Å². The molecular weight excluding hydrogens is 302 g/mol. The van der Waals surface area contributed by atoms with Crippen LogP contribution in [0.15, 0.2) is 42.6 Å². The highest BCUT2D eigenvalue weighted by Crippen LogP contribution is 2.30. The first kappa shape index (κ1) is 16.1. The van der Waals surface area contributed by atoms with Gasteiger partial charge in [-0.2, -0.15) is 0 Å². The fourth-order valence-electron chi connectivity index (χ4n) is 3.40. The van der Waals surface area contributed by atoms with Crippen molar-refractivity contribution in [2.45, 2.75) is 38.6 Å². The van der Waals surface area contributed by atoms with Crippen molar-refractivity contribution >= 4 is 23.0 Å². The van der Waals surface area contributed by atoms with Crippen molar-refractivity contribution in [3.63, 3.8) is 0 Å². The van der Waals surface area contributed by atoms with Gasteiger partial charge < -0.3 is 14.8 Å². The van der Waals surface area contributed by atoms with Crippen LogP contribution in [0.4, 0.5) is 5.69 Å². The van der Waals surface area contributed by atoms with Crippen LogP contribution in [-0.4, -0.2) is 21.1 Å². The summed E-state index contributed by atoms with van der Waals surface area (Å²) < 4.78 is 2.22. The van der Waals surface area contributed by atoms with Gasteiger partial charge in [0, 0.05) is 31.2 Å². The van der Waals surface area contributed by atoms with E-state index in [0.717, 1.165) is 23.8 Å². The number of likely N-dealkylation sites (tertiary alicyclic amines) is 1. The van der Waals surface area contributed by atoms with Crippen molar-refractivity contribution in [2.24, 2.45) is 7.05 Å². The molecule has 2 heterocycles. The summed E-state index contributed by atoms with van der Waals surface area (Å²) in [6, 6.07) is 13.1. The zero-order valence-corrected chi connectivity index (χ0v) is 14.8. The minimum atomic E-state index is 0.363. The lowest BCUT2D eigenvalue weighted by Gasteiger charge is -2.33. The van der Waals surface area contributed by atoms with E-state index in [2.05, 4.69) is 71.4 Å². The first-order chi connectivity index (χ1) is 11.1. The Balaban J connectivity index is 1.81. The highest BCUT2D eigenvalue weighted by molar-refractivity contribution is 7.80. The molecule has 0 unspecified atom stereocenters. The number of benzene rings is 1. The van der Waals surface area contributed by atoms with Crippen LogP contribution >= 0.6 is 12.2 Å². The van der Waals surface area contributed by atoms with Gasteiger partial charge in [0.05, 0.1) is 6.04 Å². The highest BCUT2D eigenvalue weighted by Gasteiger charge is 2.26. The zero-order chi connectivity index (χ0) is 16.2. The standard InChI is InChI=1S/C19H25N3S/c1-15-8-6-9-16(14-15)20-19(23)22-13-5-3-4-10-18(22)17-11-7-12-21(17)2/h6-9,11-12,14,18H,3-5,10,13H2,1-2H3,(H,20,23)/t18-/m0/s1. The van der Waals surface area contributed by atoms with E-state index >= 15 is 0 Å². The van der Waals surface area contributed by atoms with E-state index in [1.165, 1.54) is 30.5 Å². The lowest BCUT2D eigenvalue weighted by Crippen LogP contribution is -2.38.